The molecule has 1 aliphatic heterocycles. The van der Waals surface area contributed by atoms with Crippen LogP contribution in [0.25, 0.3) is 11.0 Å². The molecule has 3 aromatic rings. The number of rotatable bonds is 7. The van der Waals surface area contributed by atoms with E-state index in [4.69, 9.17) is 22.5 Å². The summed E-state index contributed by atoms with van der Waals surface area (Å²) in [7, 11) is 9.92. The van der Waals surface area contributed by atoms with Crippen LogP contribution in [0.5, 0.6) is 11.5 Å². The van der Waals surface area contributed by atoms with Crippen molar-refractivity contribution in [2.75, 3.05) is 27.2 Å². The van der Waals surface area contributed by atoms with Crippen molar-refractivity contribution in [3.05, 3.63) is 53.2 Å². The van der Waals surface area contributed by atoms with Crippen LogP contribution in [0.15, 0.2) is 40.9 Å². The zero-order valence-electron chi connectivity index (χ0n) is 18.2. The molecule has 0 N–H and O–H groups in total. The maximum absolute atomic E-state index is 9.00. The molecule has 158 valence electrons. The summed E-state index contributed by atoms with van der Waals surface area (Å²) in [4.78, 5) is 3.99. The third-order valence-electron chi connectivity index (χ3n) is 5.90. The molecule has 0 spiro atoms. The van der Waals surface area contributed by atoms with Crippen molar-refractivity contribution in [3.63, 3.8) is 0 Å². The molecule has 2 heterocycles. The third kappa shape index (κ3) is 5.09. The van der Waals surface area contributed by atoms with Gasteiger partial charge in [0.05, 0.1) is 22.9 Å². The van der Waals surface area contributed by atoms with Crippen LogP contribution in [-0.2, 0) is 13.0 Å². The Kier molecular flexibility index (Phi) is 6.60. The second-order valence-electron chi connectivity index (χ2n) is 8.54. The van der Waals surface area contributed by atoms with Gasteiger partial charge in [0, 0.05) is 11.9 Å². The van der Waals surface area contributed by atoms with Crippen LogP contribution in [0, 0.1) is 17.2 Å². The highest BCUT2D eigenvalue weighted by Crippen LogP contribution is 2.35. The summed E-state index contributed by atoms with van der Waals surface area (Å²) in [5, 5.41) is 14.5. The summed E-state index contributed by atoms with van der Waals surface area (Å²) in [5.41, 5.74) is 3.37. The molecule has 1 fully saturated rings. The number of benzene rings is 2. The number of ether oxygens (including phenoxy) is 1. The highest BCUT2D eigenvalue weighted by atomic mass is 16.5. The molecular formula is C24H27BN4O2. The zero-order valence-corrected chi connectivity index (χ0v) is 18.2. The summed E-state index contributed by atoms with van der Waals surface area (Å²) in [6.45, 7) is 2.60. The first-order valence-electron chi connectivity index (χ1n) is 10.8. The minimum atomic E-state index is 0.605. The molecule has 0 saturated carbocycles. The van der Waals surface area contributed by atoms with Crippen molar-refractivity contribution in [1.29, 1.82) is 5.26 Å². The lowest BCUT2D eigenvalue weighted by atomic mass is 9.90. The number of aromatic nitrogens is 1. The van der Waals surface area contributed by atoms with Gasteiger partial charge in [0.25, 0.3) is 0 Å². The number of nitrogens with zero attached hydrogens (tertiary/aromatic N) is 4. The molecule has 0 atom stereocenters. The second-order valence-corrected chi connectivity index (χ2v) is 8.54. The topological polar surface area (TPSA) is 65.5 Å². The molecule has 6 nitrogen and oxygen atoms in total. The molecule has 0 bridgehead atoms. The van der Waals surface area contributed by atoms with Crippen molar-refractivity contribution in [1.82, 2.24) is 14.9 Å². The molecule has 31 heavy (non-hydrogen) atoms. The minimum Gasteiger partial charge on any atom is -0.457 e. The Hall–Kier alpha value is -2.82. The second kappa shape index (κ2) is 9.55. The van der Waals surface area contributed by atoms with Crippen molar-refractivity contribution >= 4 is 19.0 Å². The maximum atomic E-state index is 9.00. The van der Waals surface area contributed by atoms with Gasteiger partial charge in [-0.2, -0.15) is 5.26 Å². The van der Waals surface area contributed by atoms with E-state index in [1.807, 2.05) is 31.0 Å². The molecule has 1 saturated heterocycles. The Bertz CT molecular complexity index is 1060. The fraction of sp³-hybridized carbons (Fsp3) is 0.417. The van der Waals surface area contributed by atoms with Crippen LogP contribution in [-0.4, -0.2) is 50.0 Å². The number of fused-ring (bicyclic) bond motifs is 1. The van der Waals surface area contributed by atoms with Gasteiger partial charge in [0.15, 0.2) is 13.6 Å². The third-order valence-corrected chi connectivity index (χ3v) is 5.90. The van der Waals surface area contributed by atoms with E-state index in [0.717, 1.165) is 66.7 Å². The molecule has 7 heteroatoms. The van der Waals surface area contributed by atoms with Gasteiger partial charge in [-0.05, 0) is 95.2 Å². The van der Waals surface area contributed by atoms with E-state index in [1.165, 1.54) is 0 Å². The minimum absolute atomic E-state index is 0.605. The number of piperidine rings is 1. The molecule has 2 radical (unpaired) electrons. The predicted molar refractivity (Wildman–Crippen MR) is 121 cm³/mol. The van der Waals surface area contributed by atoms with Crippen LogP contribution in [0.3, 0.4) is 0 Å². The van der Waals surface area contributed by atoms with E-state index < -0.39 is 0 Å². The standard InChI is InChI=1S/C24H27BN4O2/c1-28(2)16-21-23(30-19-6-3-18(15-26)4-7-19)10-8-20-22(27-31-24(20)21)9-5-17-11-13-29(25)14-12-17/h3-4,6-8,10,17H,5,9,11-14,16H2,1-2H3. The maximum Gasteiger partial charge on any atom is 0.182 e. The van der Waals surface area contributed by atoms with Crippen LogP contribution in [0.2, 0.25) is 0 Å². The quantitative estimate of drug-likeness (QED) is 0.538. The average molecular weight is 414 g/mol. The molecule has 0 unspecified atom stereocenters. The Labute approximate surface area is 184 Å². The summed E-state index contributed by atoms with van der Waals surface area (Å²) >= 11 is 0. The van der Waals surface area contributed by atoms with Crippen LogP contribution < -0.4 is 4.74 Å². The Morgan fingerprint density at radius 2 is 1.94 bits per heavy atom. The fourth-order valence-corrected chi connectivity index (χ4v) is 4.14. The van der Waals surface area contributed by atoms with Gasteiger partial charge in [-0.1, -0.05) is 5.16 Å². The molecule has 1 aromatic heterocycles. The van der Waals surface area contributed by atoms with Crippen LogP contribution in [0.4, 0.5) is 0 Å². The lowest BCUT2D eigenvalue weighted by Crippen LogP contribution is -2.31. The van der Waals surface area contributed by atoms with Crippen LogP contribution in [0.1, 0.15) is 36.1 Å². The van der Waals surface area contributed by atoms with E-state index in [9.17, 15) is 0 Å². The molecule has 2 aromatic carbocycles. The summed E-state index contributed by atoms with van der Waals surface area (Å²) in [6, 6.07) is 13.3. The Morgan fingerprint density at radius 3 is 2.61 bits per heavy atom. The average Bonchev–Trinajstić information content (AvgIpc) is 3.18. The fourth-order valence-electron chi connectivity index (χ4n) is 4.14. The number of hydrogen-bond acceptors (Lipinski definition) is 6. The van der Waals surface area contributed by atoms with E-state index in [1.54, 1.807) is 24.3 Å². The largest absolute Gasteiger partial charge is 0.457 e. The van der Waals surface area contributed by atoms with Gasteiger partial charge >= 0.3 is 0 Å². The Balaban J connectivity index is 1.57. The molecule has 0 amide bonds. The smallest absolute Gasteiger partial charge is 0.182 e. The van der Waals surface area contributed by atoms with Crippen molar-refractivity contribution in [3.8, 4) is 17.6 Å². The normalized spacial score (nSPS) is 15.4. The zero-order chi connectivity index (χ0) is 21.8. The van der Waals surface area contributed by atoms with E-state index in [2.05, 4.69) is 16.1 Å². The first kappa shape index (κ1) is 21.4. The molecular weight excluding hydrogens is 387 g/mol. The first-order chi connectivity index (χ1) is 15.0. The van der Waals surface area contributed by atoms with Gasteiger partial charge in [0.1, 0.15) is 11.5 Å². The van der Waals surface area contributed by atoms with Gasteiger partial charge in [-0.15, -0.1) is 0 Å². The van der Waals surface area contributed by atoms with Gasteiger partial charge < -0.3 is 19.0 Å². The summed E-state index contributed by atoms with van der Waals surface area (Å²) in [6.07, 6.45) is 4.28. The van der Waals surface area contributed by atoms with Crippen molar-refractivity contribution in [2.45, 2.75) is 32.2 Å². The summed E-state index contributed by atoms with van der Waals surface area (Å²) < 4.78 is 12.0. The molecule has 4 rings (SSSR count). The number of aryl methyl sites for hydroxylation is 1. The lowest BCUT2D eigenvalue weighted by molar-refractivity contribution is 0.270. The summed E-state index contributed by atoms with van der Waals surface area (Å²) in [5.74, 6) is 2.11. The number of nitriles is 1. The SMILES string of the molecule is [B]N1CCC(CCc2noc3c(CN(C)C)c(Oc4ccc(C#N)cc4)ccc23)CC1. The van der Waals surface area contributed by atoms with Crippen LogP contribution >= 0.6 is 0 Å². The molecule has 0 aliphatic carbocycles. The van der Waals surface area contributed by atoms with E-state index >= 15 is 0 Å². The monoisotopic (exact) mass is 414 g/mol. The molecule has 1 aliphatic rings. The highest BCUT2D eigenvalue weighted by Gasteiger charge is 2.20. The first-order valence-corrected chi connectivity index (χ1v) is 10.8. The van der Waals surface area contributed by atoms with Gasteiger partial charge in [-0.3, -0.25) is 0 Å². The van der Waals surface area contributed by atoms with Gasteiger partial charge in [-0.25, -0.2) is 0 Å². The van der Waals surface area contributed by atoms with Crippen molar-refractivity contribution in [2.24, 2.45) is 5.92 Å². The van der Waals surface area contributed by atoms with Crippen molar-refractivity contribution < 1.29 is 9.26 Å². The highest BCUT2D eigenvalue weighted by molar-refractivity contribution is 6.04. The predicted octanol–water partition coefficient (Wildman–Crippen LogP) is 4.28. The van der Waals surface area contributed by atoms with Gasteiger partial charge in [0.2, 0.25) is 0 Å². The number of hydrogen-bond donors (Lipinski definition) is 0. The van der Waals surface area contributed by atoms with E-state index in [-0.39, 0.29) is 0 Å². The lowest BCUT2D eigenvalue weighted by Gasteiger charge is -2.29. The van der Waals surface area contributed by atoms with E-state index in [0.29, 0.717) is 23.8 Å². The Morgan fingerprint density at radius 1 is 1.19 bits per heavy atom.